The number of phenols is 1. The smallest absolute Gasteiger partial charge is 0.120 e. The second-order valence-electron chi connectivity index (χ2n) is 3.50. The Labute approximate surface area is 99.5 Å². The molecule has 2 aromatic rings. The van der Waals surface area contributed by atoms with E-state index in [1.807, 2.05) is 18.2 Å². The van der Waals surface area contributed by atoms with Crippen LogP contribution in [0.1, 0.15) is 11.3 Å². The number of nitrogens with one attached hydrogen (secondary N) is 1. The normalized spacial score (nSPS) is 10.6. The molecule has 0 amide bonds. The predicted molar refractivity (Wildman–Crippen MR) is 64.6 cm³/mol. The molecule has 0 atom stereocenters. The Kier molecular flexibility index (Phi) is 3.54. The van der Waals surface area contributed by atoms with E-state index in [4.69, 9.17) is 4.42 Å². The number of hydrogen-bond donors (Lipinski definition) is 3. The van der Waals surface area contributed by atoms with Crippen LogP contribution in [0.2, 0.25) is 0 Å². The zero-order valence-electron chi connectivity index (χ0n) is 8.68. The lowest BCUT2D eigenvalue weighted by Crippen LogP contribution is -2.12. The van der Waals surface area contributed by atoms with Gasteiger partial charge in [-0.25, -0.2) is 0 Å². The van der Waals surface area contributed by atoms with E-state index < -0.39 is 0 Å². The number of hydrogen-bond acceptors (Lipinski definition) is 4. The SMILES string of the molecule is Oc1ccc(S)cc1CNCc1ccco1. The van der Waals surface area contributed by atoms with Gasteiger partial charge in [0.1, 0.15) is 11.5 Å². The number of rotatable bonds is 4. The molecule has 0 spiro atoms. The summed E-state index contributed by atoms with van der Waals surface area (Å²) in [6, 6.07) is 9.00. The molecule has 0 aliphatic carbocycles. The second kappa shape index (κ2) is 5.09. The van der Waals surface area contributed by atoms with E-state index in [0.717, 1.165) is 16.2 Å². The van der Waals surface area contributed by atoms with Crippen molar-refractivity contribution in [3.05, 3.63) is 47.9 Å². The van der Waals surface area contributed by atoms with Gasteiger partial charge in [0.2, 0.25) is 0 Å². The fraction of sp³-hybridized carbons (Fsp3) is 0.167. The predicted octanol–water partition coefficient (Wildman–Crippen LogP) is 2.56. The van der Waals surface area contributed by atoms with E-state index in [9.17, 15) is 5.11 Å². The number of benzene rings is 1. The third-order valence-electron chi connectivity index (χ3n) is 2.26. The van der Waals surface area contributed by atoms with Crippen molar-refractivity contribution in [1.29, 1.82) is 0 Å². The van der Waals surface area contributed by atoms with Gasteiger partial charge in [0.05, 0.1) is 12.8 Å². The van der Waals surface area contributed by atoms with Gasteiger partial charge in [-0.15, -0.1) is 12.6 Å². The standard InChI is InChI=1S/C12H13NO2S/c14-12-4-3-11(16)6-9(12)7-13-8-10-2-1-5-15-10/h1-6,13-14,16H,7-8H2. The van der Waals surface area contributed by atoms with Crippen LogP contribution in [-0.2, 0) is 13.1 Å². The van der Waals surface area contributed by atoms with E-state index in [2.05, 4.69) is 17.9 Å². The Morgan fingerprint density at radius 1 is 1.25 bits per heavy atom. The van der Waals surface area contributed by atoms with Crippen LogP contribution in [0.15, 0.2) is 45.9 Å². The minimum atomic E-state index is 0.282. The first kappa shape index (κ1) is 11.1. The lowest BCUT2D eigenvalue weighted by atomic mass is 10.2. The van der Waals surface area contributed by atoms with Gasteiger partial charge in [0.25, 0.3) is 0 Å². The topological polar surface area (TPSA) is 45.4 Å². The summed E-state index contributed by atoms with van der Waals surface area (Å²) in [5.41, 5.74) is 0.832. The summed E-state index contributed by atoms with van der Waals surface area (Å²) in [4.78, 5) is 0.840. The van der Waals surface area contributed by atoms with Crippen LogP contribution in [0, 0.1) is 0 Å². The highest BCUT2D eigenvalue weighted by Crippen LogP contribution is 2.20. The molecule has 0 aliphatic heterocycles. The Morgan fingerprint density at radius 3 is 2.88 bits per heavy atom. The first-order valence-corrected chi connectivity index (χ1v) is 5.44. The minimum Gasteiger partial charge on any atom is -0.508 e. The lowest BCUT2D eigenvalue weighted by molar-refractivity contribution is 0.456. The Morgan fingerprint density at radius 2 is 2.12 bits per heavy atom. The molecule has 2 rings (SSSR count). The second-order valence-corrected chi connectivity index (χ2v) is 4.01. The molecule has 0 bridgehead atoms. The minimum absolute atomic E-state index is 0.282. The Bertz CT molecular complexity index is 454. The Hall–Kier alpha value is -1.39. The lowest BCUT2D eigenvalue weighted by Gasteiger charge is -2.06. The maximum Gasteiger partial charge on any atom is 0.120 e. The first-order valence-electron chi connectivity index (χ1n) is 4.99. The van der Waals surface area contributed by atoms with Crippen molar-refractivity contribution in [3.63, 3.8) is 0 Å². The summed E-state index contributed by atoms with van der Waals surface area (Å²) in [5.74, 6) is 1.16. The van der Waals surface area contributed by atoms with Gasteiger partial charge in [-0.2, -0.15) is 0 Å². The van der Waals surface area contributed by atoms with Gasteiger partial charge in [0, 0.05) is 17.0 Å². The maximum atomic E-state index is 9.59. The van der Waals surface area contributed by atoms with Gasteiger partial charge in [-0.1, -0.05) is 0 Å². The van der Waals surface area contributed by atoms with Crippen LogP contribution >= 0.6 is 12.6 Å². The fourth-order valence-corrected chi connectivity index (χ4v) is 1.68. The van der Waals surface area contributed by atoms with E-state index in [1.54, 1.807) is 18.4 Å². The molecule has 84 valence electrons. The van der Waals surface area contributed by atoms with Crippen LogP contribution in [0.4, 0.5) is 0 Å². The summed E-state index contributed by atoms with van der Waals surface area (Å²) in [5, 5.41) is 12.8. The van der Waals surface area contributed by atoms with Crippen molar-refractivity contribution in [1.82, 2.24) is 5.32 Å². The van der Waals surface area contributed by atoms with Gasteiger partial charge < -0.3 is 14.8 Å². The molecule has 16 heavy (non-hydrogen) atoms. The average molecular weight is 235 g/mol. The molecule has 4 heteroatoms. The largest absolute Gasteiger partial charge is 0.508 e. The molecule has 1 aromatic heterocycles. The summed E-state index contributed by atoms with van der Waals surface area (Å²) in [6.45, 7) is 1.23. The van der Waals surface area contributed by atoms with E-state index in [1.165, 1.54) is 0 Å². The van der Waals surface area contributed by atoms with Crippen molar-refractivity contribution in [2.75, 3.05) is 0 Å². The highest BCUT2D eigenvalue weighted by atomic mass is 32.1. The van der Waals surface area contributed by atoms with Crippen molar-refractivity contribution in [2.45, 2.75) is 18.0 Å². The van der Waals surface area contributed by atoms with Crippen molar-refractivity contribution < 1.29 is 9.52 Å². The van der Waals surface area contributed by atoms with Gasteiger partial charge >= 0.3 is 0 Å². The van der Waals surface area contributed by atoms with Gasteiger partial charge in [-0.05, 0) is 30.3 Å². The van der Waals surface area contributed by atoms with Crippen LogP contribution in [0.25, 0.3) is 0 Å². The maximum absolute atomic E-state index is 9.59. The molecule has 2 N–H and O–H groups in total. The molecular weight excluding hydrogens is 222 g/mol. The number of furan rings is 1. The van der Waals surface area contributed by atoms with Gasteiger partial charge in [0.15, 0.2) is 0 Å². The van der Waals surface area contributed by atoms with E-state index in [-0.39, 0.29) is 5.75 Å². The third-order valence-corrected chi connectivity index (χ3v) is 2.54. The molecule has 0 aliphatic rings. The van der Waals surface area contributed by atoms with Crippen LogP contribution < -0.4 is 5.32 Å². The van der Waals surface area contributed by atoms with E-state index >= 15 is 0 Å². The Balaban J connectivity index is 1.92. The molecule has 0 unspecified atom stereocenters. The highest BCUT2D eigenvalue weighted by molar-refractivity contribution is 7.80. The van der Waals surface area contributed by atoms with Crippen LogP contribution in [0.3, 0.4) is 0 Å². The van der Waals surface area contributed by atoms with Crippen LogP contribution in [-0.4, -0.2) is 5.11 Å². The molecule has 0 saturated carbocycles. The summed E-state index contributed by atoms with van der Waals surface area (Å²) in [7, 11) is 0. The number of phenolic OH excluding ortho intramolecular Hbond substituents is 1. The monoisotopic (exact) mass is 235 g/mol. The first-order chi connectivity index (χ1) is 7.75. The zero-order chi connectivity index (χ0) is 11.4. The molecule has 0 saturated heterocycles. The van der Waals surface area contributed by atoms with Crippen molar-refractivity contribution in [2.24, 2.45) is 0 Å². The molecule has 0 radical (unpaired) electrons. The zero-order valence-corrected chi connectivity index (χ0v) is 9.58. The van der Waals surface area contributed by atoms with Crippen molar-refractivity contribution in [3.8, 4) is 5.75 Å². The molecule has 1 heterocycles. The summed E-state index contributed by atoms with van der Waals surface area (Å²) in [6.07, 6.45) is 1.64. The summed E-state index contributed by atoms with van der Waals surface area (Å²) >= 11 is 4.23. The van der Waals surface area contributed by atoms with Gasteiger partial charge in [-0.3, -0.25) is 0 Å². The van der Waals surface area contributed by atoms with E-state index in [0.29, 0.717) is 13.1 Å². The summed E-state index contributed by atoms with van der Waals surface area (Å²) < 4.78 is 5.19. The number of aromatic hydroxyl groups is 1. The fourth-order valence-electron chi connectivity index (χ4n) is 1.45. The number of thiol groups is 1. The van der Waals surface area contributed by atoms with Crippen molar-refractivity contribution >= 4 is 12.6 Å². The average Bonchev–Trinajstić information content (AvgIpc) is 2.76. The molecule has 0 fully saturated rings. The van der Waals surface area contributed by atoms with Crippen LogP contribution in [0.5, 0.6) is 5.75 Å². The highest BCUT2D eigenvalue weighted by Gasteiger charge is 2.01. The quantitative estimate of drug-likeness (QED) is 0.714. The molecule has 3 nitrogen and oxygen atoms in total. The molecule has 1 aromatic carbocycles. The molecular formula is C12H13NO2S. The third kappa shape index (κ3) is 2.81.